The number of nitrogens with zero attached hydrogens (tertiary/aromatic N) is 3. The molecule has 1 aliphatic heterocycles. The molecule has 0 saturated carbocycles. The van der Waals surface area contributed by atoms with Crippen LogP contribution < -0.4 is 5.73 Å². The van der Waals surface area contributed by atoms with Crippen LogP contribution >= 0.6 is 12.2 Å². The van der Waals surface area contributed by atoms with E-state index in [0.717, 1.165) is 18.7 Å². The number of thiocarbonyl (C=S) groups is 1. The van der Waals surface area contributed by atoms with E-state index < -0.39 is 0 Å². The van der Waals surface area contributed by atoms with Gasteiger partial charge >= 0.3 is 0 Å². The number of rotatable bonds is 3. The second kappa shape index (κ2) is 6.08. The van der Waals surface area contributed by atoms with Crippen molar-refractivity contribution in [3.8, 4) is 0 Å². The van der Waals surface area contributed by atoms with Crippen LogP contribution in [0.1, 0.15) is 18.5 Å². The van der Waals surface area contributed by atoms with Crippen molar-refractivity contribution in [3.63, 3.8) is 0 Å². The fraction of sp³-hybridized carbons (Fsp3) is 0.462. The fourth-order valence-electron chi connectivity index (χ4n) is 2.39. The molecule has 1 unspecified atom stereocenters. The van der Waals surface area contributed by atoms with Gasteiger partial charge in [0.15, 0.2) is 0 Å². The van der Waals surface area contributed by atoms with Gasteiger partial charge in [0, 0.05) is 45.5 Å². The maximum absolute atomic E-state index is 11.3. The Labute approximate surface area is 118 Å². The van der Waals surface area contributed by atoms with E-state index in [2.05, 4.69) is 9.88 Å². The number of carbonyl (C=O) groups excluding carboxylic acids is 1. The molecule has 2 heterocycles. The maximum atomic E-state index is 11.3. The van der Waals surface area contributed by atoms with E-state index in [4.69, 9.17) is 18.0 Å². The molecular weight excluding hydrogens is 260 g/mol. The van der Waals surface area contributed by atoms with Crippen molar-refractivity contribution in [2.45, 2.75) is 13.0 Å². The van der Waals surface area contributed by atoms with Crippen LogP contribution in [0.15, 0.2) is 24.5 Å². The van der Waals surface area contributed by atoms with Gasteiger partial charge in [0.2, 0.25) is 5.91 Å². The molecule has 1 atom stereocenters. The van der Waals surface area contributed by atoms with Crippen molar-refractivity contribution in [1.29, 1.82) is 0 Å². The zero-order valence-electron chi connectivity index (χ0n) is 11.0. The van der Waals surface area contributed by atoms with Crippen LogP contribution in [0, 0.1) is 0 Å². The summed E-state index contributed by atoms with van der Waals surface area (Å²) in [5.74, 6) is 0.118. The minimum atomic E-state index is -0.0993. The van der Waals surface area contributed by atoms with E-state index in [1.54, 1.807) is 19.3 Å². The summed E-state index contributed by atoms with van der Waals surface area (Å²) in [4.78, 5) is 19.9. The summed E-state index contributed by atoms with van der Waals surface area (Å²) in [6.45, 7) is 4.58. The number of carbonyl (C=O) groups is 1. The number of nitrogens with two attached hydrogens (primary N) is 1. The highest BCUT2D eigenvalue weighted by Crippen LogP contribution is 2.21. The third-order valence-corrected chi connectivity index (χ3v) is 3.62. The normalized spacial score (nSPS) is 18.1. The lowest BCUT2D eigenvalue weighted by atomic mass is 10.1. The minimum absolute atomic E-state index is 0.0993. The van der Waals surface area contributed by atoms with Crippen LogP contribution in [0.25, 0.3) is 0 Å². The Morgan fingerprint density at radius 1 is 1.42 bits per heavy atom. The van der Waals surface area contributed by atoms with Gasteiger partial charge < -0.3 is 10.6 Å². The predicted molar refractivity (Wildman–Crippen MR) is 77.6 cm³/mol. The fourth-order valence-corrected chi connectivity index (χ4v) is 2.67. The van der Waals surface area contributed by atoms with E-state index in [1.807, 2.05) is 17.0 Å². The minimum Gasteiger partial charge on any atom is -0.392 e. The molecule has 1 aromatic rings. The zero-order chi connectivity index (χ0) is 13.8. The number of aromatic nitrogens is 1. The molecular formula is C13H18N4OS. The number of piperazine rings is 1. The van der Waals surface area contributed by atoms with E-state index in [1.165, 1.54) is 0 Å². The molecule has 1 saturated heterocycles. The van der Waals surface area contributed by atoms with Crippen LogP contribution in [0.3, 0.4) is 0 Å². The summed E-state index contributed by atoms with van der Waals surface area (Å²) in [6.07, 6.45) is 3.52. The summed E-state index contributed by atoms with van der Waals surface area (Å²) in [5, 5.41) is 0. The Bertz CT molecular complexity index is 457. The highest BCUT2D eigenvalue weighted by atomic mass is 32.1. The van der Waals surface area contributed by atoms with Gasteiger partial charge in [-0.2, -0.15) is 0 Å². The average Bonchev–Trinajstić information content (AvgIpc) is 2.40. The standard InChI is InChI=1S/C13H18N4OS/c1-10(18)16-5-7-17(8-6-16)12(13(14)19)11-3-2-4-15-9-11/h2-4,9,12H,5-8H2,1H3,(H2,14,19). The summed E-state index contributed by atoms with van der Waals surface area (Å²) in [7, 11) is 0. The first-order chi connectivity index (χ1) is 9.09. The molecule has 1 aromatic heterocycles. The number of hydrogen-bond acceptors (Lipinski definition) is 4. The molecule has 6 heteroatoms. The van der Waals surface area contributed by atoms with E-state index in [9.17, 15) is 4.79 Å². The van der Waals surface area contributed by atoms with Gasteiger partial charge in [0.25, 0.3) is 0 Å². The number of amides is 1. The summed E-state index contributed by atoms with van der Waals surface area (Å²) in [5.41, 5.74) is 6.88. The van der Waals surface area contributed by atoms with Crippen molar-refractivity contribution in [2.75, 3.05) is 26.2 Å². The van der Waals surface area contributed by atoms with Gasteiger partial charge in [-0.3, -0.25) is 14.7 Å². The van der Waals surface area contributed by atoms with Gasteiger partial charge in [-0.15, -0.1) is 0 Å². The molecule has 19 heavy (non-hydrogen) atoms. The lowest BCUT2D eigenvalue weighted by Gasteiger charge is -2.38. The van der Waals surface area contributed by atoms with Crippen molar-refractivity contribution >= 4 is 23.1 Å². The van der Waals surface area contributed by atoms with E-state index >= 15 is 0 Å². The summed E-state index contributed by atoms with van der Waals surface area (Å²) in [6, 6.07) is 3.76. The van der Waals surface area contributed by atoms with Crippen molar-refractivity contribution < 1.29 is 4.79 Å². The van der Waals surface area contributed by atoms with Crippen LogP contribution in [0.4, 0.5) is 0 Å². The van der Waals surface area contributed by atoms with Gasteiger partial charge in [-0.25, -0.2) is 0 Å². The zero-order valence-corrected chi connectivity index (χ0v) is 11.8. The summed E-state index contributed by atoms with van der Waals surface area (Å²) >= 11 is 5.19. The van der Waals surface area contributed by atoms with E-state index in [-0.39, 0.29) is 11.9 Å². The molecule has 2 rings (SSSR count). The average molecular weight is 278 g/mol. The molecule has 2 N–H and O–H groups in total. The van der Waals surface area contributed by atoms with Crippen LogP contribution in [0.2, 0.25) is 0 Å². The number of hydrogen-bond donors (Lipinski definition) is 1. The predicted octanol–water partition coefficient (Wildman–Crippen LogP) is 0.573. The largest absolute Gasteiger partial charge is 0.392 e. The molecule has 5 nitrogen and oxygen atoms in total. The van der Waals surface area contributed by atoms with Crippen molar-refractivity contribution in [2.24, 2.45) is 5.73 Å². The van der Waals surface area contributed by atoms with Gasteiger partial charge in [0.05, 0.1) is 11.0 Å². The Kier molecular flexibility index (Phi) is 4.44. The molecule has 1 aliphatic rings. The first kappa shape index (κ1) is 13.9. The highest BCUT2D eigenvalue weighted by Gasteiger charge is 2.27. The molecule has 1 amide bonds. The smallest absolute Gasteiger partial charge is 0.219 e. The third kappa shape index (κ3) is 3.27. The highest BCUT2D eigenvalue weighted by molar-refractivity contribution is 7.80. The molecule has 0 spiro atoms. The van der Waals surface area contributed by atoms with Crippen LogP contribution in [-0.2, 0) is 4.79 Å². The van der Waals surface area contributed by atoms with E-state index in [0.29, 0.717) is 18.1 Å². The van der Waals surface area contributed by atoms with Crippen molar-refractivity contribution in [1.82, 2.24) is 14.8 Å². The molecule has 0 radical (unpaired) electrons. The summed E-state index contributed by atoms with van der Waals surface area (Å²) < 4.78 is 0. The first-order valence-electron chi connectivity index (χ1n) is 6.28. The Balaban J connectivity index is 2.10. The second-order valence-corrected chi connectivity index (χ2v) is 5.10. The SMILES string of the molecule is CC(=O)N1CCN(C(C(N)=S)c2cccnc2)CC1. The Morgan fingerprint density at radius 3 is 2.58 bits per heavy atom. The lowest BCUT2D eigenvalue weighted by Crippen LogP contribution is -2.51. The van der Waals surface area contributed by atoms with Crippen LogP contribution in [0.5, 0.6) is 0 Å². The van der Waals surface area contributed by atoms with Crippen LogP contribution in [-0.4, -0.2) is 51.9 Å². The quantitative estimate of drug-likeness (QED) is 0.819. The third-order valence-electron chi connectivity index (χ3n) is 3.39. The monoisotopic (exact) mass is 278 g/mol. The van der Waals surface area contributed by atoms with Gasteiger partial charge in [-0.1, -0.05) is 18.3 Å². The van der Waals surface area contributed by atoms with Gasteiger partial charge in [0.1, 0.15) is 0 Å². The lowest BCUT2D eigenvalue weighted by molar-refractivity contribution is -0.130. The molecule has 0 aliphatic carbocycles. The molecule has 0 bridgehead atoms. The second-order valence-electron chi connectivity index (χ2n) is 4.63. The Morgan fingerprint density at radius 2 is 2.11 bits per heavy atom. The molecule has 102 valence electrons. The first-order valence-corrected chi connectivity index (χ1v) is 6.69. The molecule has 1 fully saturated rings. The van der Waals surface area contributed by atoms with Crippen molar-refractivity contribution in [3.05, 3.63) is 30.1 Å². The number of pyridine rings is 1. The van der Waals surface area contributed by atoms with Gasteiger partial charge in [-0.05, 0) is 11.6 Å². The maximum Gasteiger partial charge on any atom is 0.219 e. The molecule has 0 aromatic carbocycles. The Hall–Kier alpha value is -1.53. The topological polar surface area (TPSA) is 62.5 Å².